The summed E-state index contributed by atoms with van der Waals surface area (Å²) in [6, 6.07) is 54.1. The Morgan fingerprint density at radius 1 is 0.545 bits per heavy atom. The molecule has 1 spiro atoms. The number of rotatable bonds is 2. The molecule has 3 unspecified atom stereocenters. The van der Waals surface area contributed by atoms with Crippen LogP contribution in [0.3, 0.4) is 0 Å². The van der Waals surface area contributed by atoms with Gasteiger partial charge in [0.2, 0.25) is 5.69 Å². The monoisotopic (exact) mass is 698 g/mol. The molecule has 252 valence electrons. The average Bonchev–Trinajstić information content (AvgIpc) is 3.80. The van der Waals surface area contributed by atoms with Gasteiger partial charge in [-0.25, -0.2) is 14.8 Å². The summed E-state index contributed by atoms with van der Waals surface area (Å²) in [5, 5.41) is 14.8. The summed E-state index contributed by atoms with van der Waals surface area (Å²) in [5.74, 6) is -0.0151. The number of hydrogen-bond acceptors (Lipinski definition) is 3. The van der Waals surface area contributed by atoms with E-state index in [2.05, 4.69) is 154 Å². The molecule has 0 amide bonds. The fourth-order valence-electron chi connectivity index (χ4n) is 10.7. The van der Waals surface area contributed by atoms with E-state index in [-0.39, 0.29) is 17.3 Å². The highest BCUT2D eigenvalue weighted by molar-refractivity contribution is 6.12. The van der Waals surface area contributed by atoms with Gasteiger partial charge in [-0.3, -0.25) is 0 Å². The number of aromatic nitrogens is 4. The number of fused-ring (bicyclic) bond motifs is 14. The van der Waals surface area contributed by atoms with E-state index in [1.165, 1.54) is 65.9 Å². The topological polar surface area (TPSA) is 63.8 Å². The van der Waals surface area contributed by atoms with E-state index in [0.717, 1.165) is 22.8 Å². The van der Waals surface area contributed by atoms with Crippen molar-refractivity contribution in [2.75, 3.05) is 0 Å². The highest BCUT2D eigenvalue weighted by Crippen LogP contribution is 2.77. The first kappa shape index (κ1) is 29.0. The third-order valence-corrected chi connectivity index (χ3v) is 12.8. The van der Waals surface area contributed by atoms with Crippen LogP contribution in [0, 0.1) is 17.9 Å². The van der Waals surface area contributed by atoms with Crippen LogP contribution >= 0.6 is 0 Å². The molecule has 0 fully saturated rings. The van der Waals surface area contributed by atoms with Crippen molar-refractivity contribution in [1.82, 2.24) is 19.1 Å². The van der Waals surface area contributed by atoms with Gasteiger partial charge in [0.1, 0.15) is 0 Å². The molecule has 55 heavy (non-hydrogen) atoms. The summed E-state index contributed by atoms with van der Waals surface area (Å²) in [7, 11) is 0. The second kappa shape index (κ2) is 9.90. The Morgan fingerprint density at radius 3 is 1.65 bits per heavy atom. The average molecular weight is 699 g/mol. The molecule has 0 aliphatic heterocycles. The molecule has 0 radical (unpaired) electrons. The Bertz CT molecular complexity index is 3470. The zero-order valence-electron chi connectivity index (χ0n) is 29.2. The highest BCUT2D eigenvalue weighted by atomic mass is 15.0. The van der Waals surface area contributed by atoms with Crippen molar-refractivity contribution in [1.29, 1.82) is 5.26 Å². The molecule has 3 aromatic heterocycles. The minimum atomic E-state index is -0.346. The van der Waals surface area contributed by atoms with Crippen molar-refractivity contribution < 1.29 is 0 Å². The number of nitriles is 1. The van der Waals surface area contributed by atoms with E-state index >= 15 is 0 Å². The summed E-state index contributed by atoms with van der Waals surface area (Å²) in [6.07, 6.45) is 0. The third-order valence-electron chi connectivity index (χ3n) is 12.8. The fourth-order valence-corrected chi connectivity index (χ4v) is 10.7. The Hall–Kier alpha value is -7.54. The molecule has 3 aliphatic rings. The summed E-state index contributed by atoms with van der Waals surface area (Å²) >= 11 is 0. The molecule has 0 saturated carbocycles. The summed E-state index contributed by atoms with van der Waals surface area (Å²) < 4.78 is 4.79. The summed E-state index contributed by atoms with van der Waals surface area (Å²) in [5.41, 5.74) is 15.8. The van der Waals surface area contributed by atoms with Gasteiger partial charge in [0, 0.05) is 50.2 Å². The standard InChI is InChI=1S/C49H26N6/c1-51-38-25-40-39(20-27(38)26-50)52-47-45-34-21-32-30-16-8-10-18-41(30)55(29-14-6-3-7-15-29)44(32)24-37(34)49(45)36-22-33-31-17-9-11-19-42(31)54(28-12-4-2-5-13-28)43(33)23-35(36)46(49)48(47)53-40/h2-25,45-46H. The molecule has 6 heteroatoms. The van der Waals surface area contributed by atoms with Crippen molar-refractivity contribution in [3.8, 4) is 17.4 Å². The summed E-state index contributed by atoms with van der Waals surface area (Å²) in [4.78, 5) is 14.4. The van der Waals surface area contributed by atoms with Crippen LogP contribution in [0.5, 0.6) is 0 Å². The van der Waals surface area contributed by atoms with Crippen molar-refractivity contribution >= 4 is 60.3 Å². The van der Waals surface area contributed by atoms with Crippen LogP contribution < -0.4 is 0 Å². The molecule has 0 N–H and O–H groups in total. The molecule has 3 aliphatic carbocycles. The first-order chi connectivity index (χ1) is 27.2. The van der Waals surface area contributed by atoms with E-state index in [1.54, 1.807) is 12.1 Å². The van der Waals surface area contributed by atoms with Crippen LogP contribution in [-0.2, 0) is 5.41 Å². The lowest BCUT2D eigenvalue weighted by atomic mass is 9.43. The molecule has 7 aromatic carbocycles. The number of hydrogen-bond donors (Lipinski definition) is 0. The van der Waals surface area contributed by atoms with Gasteiger partial charge in [-0.1, -0.05) is 72.8 Å². The van der Waals surface area contributed by atoms with Gasteiger partial charge >= 0.3 is 0 Å². The first-order valence-electron chi connectivity index (χ1n) is 18.6. The van der Waals surface area contributed by atoms with Crippen LogP contribution in [0.25, 0.3) is 70.9 Å². The van der Waals surface area contributed by atoms with Gasteiger partial charge in [0.15, 0.2) is 0 Å². The SMILES string of the molecule is [C-]#[N+]c1cc2nc3c(nc2cc1C#N)C1c2cc4c5ccccc5n(-c5ccccc5)c4cc2C12c1cc4c5ccccc5n(-c5ccccc5)c4cc1C32. The second-order valence-corrected chi connectivity index (χ2v) is 15.1. The van der Waals surface area contributed by atoms with Gasteiger partial charge < -0.3 is 9.13 Å². The molecule has 3 atom stereocenters. The molecular weight excluding hydrogens is 673 g/mol. The number of nitrogens with zero attached hydrogens (tertiary/aromatic N) is 6. The Kier molecular flexibility index (Phi) is 5.22. The van der Waals surface area contributed by atoms with E-state index < -0.39 is 0 Å². The van der Waals surface area contributed by atoms with Crippen LogP contribution in [0.2, 0.25) is 0 Å². The fraction of sp³-hybridized carbons (Fsp3) is 0.0612. The zero-order chi connectivity index (χ0) is 36.2. The maximum absolute atomic E-state index is 9.93. The first-order valence-corrected chi connectivity index (χ1v) is 18.6. The number of para-hydroxylation sites is 4. The quantitative estimate of drug-likeness (QED) is 0.169. The van der Waals surface area contributed by atoms with Gasteiger partial charge in [0.05, 0.1) is 62.7 Å². The van der Waals surface area contributed by atoms with Crippen molar-refractivity contribution in [2.24, 2.45) is 0 Å². The minimum Gasteiger partial charge on any atom is -0.309 e. The predicted octanol–water partition coefficient (Wildman–Crippen LogP) is 11.1. The Morgan fingerprint density at radius 2 is 1.05 bits per heavy atom. The Balaban J connectivity index is 1.15. The van der Waals surface area contributed by atoms with Gasteiger partial charge in [-0.2, -0.15) is 5.26 Å². The van der Waals surface area contributed by atoms with Crippen LogP contribution in [0.15, 0.2) is 146 Å². The lowest BCUT2D eigenvalue weighted by Gasteiger charge is -2.58. The molecule has 0 bridgehead atoms. The van der Waals surface area contributed by atoms with Crippen LogP contribution in [0.4, 0.5) is 5.69 Å². The van der Waals surface area contributed by atoms with Crippen molar-refractivity contribution in [3.63, 3.8) is 0 Å². The summed E-state index contributed by atoms with van der Waals surface area (Å²) in [6.45, 7) is 7.78. The Labute approximate surface area is 314 Å². The lowest BCUT2D eigenvalue weighted by molar-refractivity contribution is 0.330. The maximum Gasteiger partial charge on any atom is 0.206 e. The number of benzene rings is 7. The van der Waals surface area contributed by atoms with Gasteiger partial charge in [-0.15, -0.1) is 0 Å². The van der Waals surface area contributed by atoms with Crippen LogP contribution in [0.1, 0.15) is 51.0 Å². The van der Waals surface area contributed by atoms with E-state index in [9.17, 15) is 5.26 Å². The van der Waals surface area contributed by atoms with E-state index in [4.69, 9.17) is 16.5 Å². The van der Waals surface area contributed by atoms with Gasteiger partial charge in [-0.05, 0) is 95.1 Å². The highest BCUT2D eigenvalue weighted by Gasteiger charge is 2.71. The second-order valence-electron chi connectivity index (χ2n) is 15.1. The molecule has 13 rings (SSSR count). The maximum atomic E-state index is 9.93. The van der Waals surface area contributed by atoms with Crippen LogP contribution in [-0.4, -0.2) is 19.1 Å². The zero-order valence-corrected chi connectivity index (χ0v) is 29.2. The normalized spacial score (nSPS) is 18.6. The van der Waals surface area contributed by atoms with E-state index in [0.29, 0.717) is 22.3 Å². The molecule has 3 heterocycles. The smallest absolute Gasteiger partial charge is 0.206 e. The largest absolute Gasteiger partial charge is 0.309 e. The third kappa shape index (κ3) is 3.31. The molecular formula is C49H26N6. The van der Waals surface area contributed by atoms with Gasteiger partial charge in [0.25, 0.3) is 0 Å². The molecule has 0 saturated heterocycles. The van der Waals surface area contributed by atoms with Crippen molar-refractivity contribution in [2.45, 2.75) is 17.3 Å². The van der Waals surface area contributed by atoms with E-state index in [1.807, 2.05) is 0 Å². The minimum absolute atomic E-state index is 0.00105. The lowest BCUT2D eigenvalue weighted by Crippen LogP contribution is -2.52. The predicted molar refractivity (Wildman–Crippen MR) is 217 cm³/mol. The molecule has 10 aromatic rings. The molecule has 6 nitrogen and oxygen atoms in total. The van der Waals surface area contributed by atoms with Crippen molar-refractivity contribution in [3.05, 3.63) is 196 Å².